The maximum Gasteiger partial charge on any atom is 0.271 e. The summed E-state index contributed by atoms with van der Waals surface area (Å²) >= 11 is 6.00. The number of nitrogens with zero attached hydrogens (tertiary/aromatic N) is 3. The Bertz CT molecular complexity index is 1060. The molecular weight excluding hydrogens is 400 g/mol. The Morgan fingerprint density at radius 2 is 1.90 bits per heavy atom. The molecule has 2 aromatic carbocycles. The van der Waals surface area contributed by atoms with E-state index >= 15 is 0 Å². The zero-order chi connectivity index (χ0) is 20.9. The molecule has 2 amide bonds. The number of halogens is 1. The Kier molecular flexibility index (Phi) is 6.14. The van der Waals surface area contributed by atoms with Crippen LogP contribution in [0.1, 0.15) is 34.5 Å². The molecule has 0 fully saturated rings. The van der Waals surface area contributed by atoms with Crippen LogP contribution in [0.3, 0.4) is 0 Å². The highest BCUT2D eigenvalue weighted by molar-refractivity contribution is 6.30. The van der Waals surface area contributed by atoms with Gasteiger partial charge < -0.3 is 10.2 Å². The molecule has 0 saturated carbocycles. The second-order valence-electron chi connectivity index (χ2n) is 7.32. The van der Waals surface area contributed by atoms with Gasteiger partial charge in [0.25, 0.3) is 5.91 Å². The Balaban J connectivity index is 1.23. The van der Waals surface area contributed by atoms with E-state index < -0.39 is 0 Å². The number of hydrogen-bond donors (Lipinski definition) is 1. The summed E-state index contributed by atoms with van der Waals surface area (Å²) in [6.07, 6.45) is 3.63. The maximum absolute atomic E-state index is 12.5. The summed E-state index contributed by atoms with van der Waals surface area (Å²) in [5.74, 6) is -0.126. The van der Waals surface area contributed by atoms with Crippen LogP contribution in [-0.2, 0) is 17.8 Å². The minimum Gasteiger partial charge on any atom is -0.351 e. The third kappa shape index (κ3) is 4.71. The number of nitrogens with one attached hydrogen (secondary N) is 1. The van der Waals surface area contributed by atoms with Gasteiger partial charge in [-0.3, -0.25) is 9.59 Å². The molecule has 7 heteroatoms. The molecule has 0 radical (unpaired) electrons. The first-order valence-corrected chi connectivity index (χ1v) is 10.4. The van der Waals surface area contributed by atoms with Crippen LogP contribution in [0.4, 0.5) is 0 Å². The van der Waals surface area contributed by atoms with Gasteiger partial charge in [-0.1, -0.05) is 41.9 Å². The Labute approximate surface area is 180 Å². The lowest BCUT2D eigenvalue weighted by atomic mass is 9.99. The van der Waals surface area contributed by atoms with E-state index in [9.17, 15) is 9.59 Å². The largest absolute Gasteiger partial charge is 0.351 e. The Hall–Kier alpha value is -3.12. The van der Waals surface area contributed by atoms with Crippen molar-refractivity contribution in [1.29, 1.82) is 0 Å². The van der Waals surface area contributed by atoms with Gasteiger partial charge in [0.2, 0.25) is 5.91 Å². The fourth-order valence-electron chi connectivity index (χ4n) is 3.61. The Morgan fingerprint density at radius 3 is 2.73 bits per heavy atom. The monoisotopic (exact) mass is 422 g/mol. The molecule has 154 valence electrons. The van der Waals surface area contributed by atoms with Gasteiger partial charge in [-0.25, -0.2) is 4.68 Å². The van der Waals surface area contributed by atoms with E-state index in [0.29, 0.717) is 36.6 Å². The van der Waals surface area contributed by atoms with Crippen LogP contribution in [-0.4, -0.2) is 39.6 Å². The van der Waals surface area contributed by atoms with Crippen molar-refractivity contribution in [3.05, 3.63) is 82.6 Å². The van der Waals surface area contributed by atoms with Crippen molar-refractivity contribution >= 4 is 23.4 Å². The third-order valence-electron chi connectivity index (χ3n) is 5.23. The number of rotatable bonds is 6. The number of benzene rings is 2. The lowest BCUT2D eigenvalue weighted by molar-refractivity contribution is -0.132. The van der Waals surface area contributed by atoms with Gasteiger partial charge in [-0.15, -0.1) is 0 Å². The summed E-state index contributed by atoms with van der Waals surface area (Å²) in [5, 5.41) is 7.75. The van der Waals surface area contributed by atoms with Gasteiger partial charge in [0.05, 0.1) is 5.69 Å². The smallest absolute Gasteiger partial charge is 0.271 e. The number of carbonyl (C=O) groups excluding carboxylic acids is 2. The van der Waals surface area contributed by atoms with E-state index in [2.05, 4.69) is 22.5 Å². The molecule has 6 nitrogen and oxygen atoms in total. The molecule has 3 aromatic rings. The van der Waals surface area contributed by atoms with Crippen molar-refractivity contribution in [2.75, 3.05) is 13.1 Å². The van der Waals surface area contributed by atoms with Crippen LogP contribution in [0, 0.1) is 0 Å². The lowest BCUT2D eigenvalue weighted by Crippen LogP contribution is -2.36. The average Bonchev–Trinajstić information content (AvgIpc) is 3.26. The molecule has 1 aliphatic heterocycles. The SMILES string of the molecule is O=C(NCCCC(=O)N1CCc2ccccc2C1)c1ccn(-c2cccc(Cl)c2)n1. The molecule has 0 aliphatic carbocycles. The summed E-state index contributed by atoms with van der Waals surface area (Å²) in [6.45, 7) is 1.85. The summed E-state index contributed by atoms with van der Waals surface area (Å²) in [4.78, 5) is 26.7. The summed E-state index contributed by atoms with van der Waals surface area (Å²) in [5.41, 5.74) is 3.66. The number of fused-ring (bicyclic) bond motifs is 1. The second kappa shape index (κ2) is 9.13. The van der Waals surface area contributed by atoms with Gasteiger partial charge in [-0.2, -0.15) is 5.10 Å². The van der Waals surface area contributed by atoms with Gasteiger partial charge in [-0.05, 0) is 48.2 Å². The van der Waals surface area contributed by atoms with E-state index in [-0.39, 0.29) is 11.8 Å². The van der Waals surface area contributed by atoms with Crippen LogP contribution in [0.5, 0.6) is 0 Å². The van der Waals surface area contributed by atoms with Crippen LogP contribution in [0.15, 0.2) is 60.8 Å². The van der Waals surface area contributed by atoms with Crippen LogP contribution >= 0.6 is 11.6 Å². The molecule has 4 rings (SSSR count). The van der Waals surface area contributed by atoms with Crippen LogP contribution in [0.2, 0.25) is 5.02 Å². The van der Waals surface area contributed by atoms with E-state index in [4.69, 9.17) is 11.6 Å². The predicted molar refractivity (Wildman–Crippen MR) is 116 cm³/mol. The first kappa shape index (κ1) is 20.2. The number of aromatic nitrogens is 2. The number of hydrogen-bond acceptors (Lipinski definition) is 3. The zero-order valence-electron chi connectivity index (χ0n) is 16.6. The fourth-order valence-corrected chi connectivity index (χ4v) is 3.79. The van der Waals surface area contributed by atoms with Crippen LogP contribution < -0.4 is 5.32 Å². The lowest BCUT2D eigenvalue weighted by Gasteiger charge is -2.29. The first-order valence-electron chi connectivity index (χ1n) is 10.0. The molecule has 30 heavy (non-hydrogen) atoms. The molecule has 0 spiro atoms. The molecule has 2 heterocycles. The highest BCUT2D eigenvalue weighted by atomic mass is 35.5. The molecule has 0 saturated heterocycles. The van der Waals surface area contributed by atoms with Gasteiger partial charge in [0.15, 0.2) is 5.69 Å². The topological polar surface area (TPSA) is 67.2 Å². The summed E-state index contributed by atoms with van der Waals surface area (Å²) < 4.78 is 1.61. The summed E-state index contributed by atoms with van der Waals surface area (Å²) in [7, 11) is 0. The normalized spacial score (nSPS) is 13.0. The van der Waals surface area contributed by atoms with Gasteiger partial charge in [0, 0.05) is 37.3 Å². The minimum atomic E-state index is -0.255. The van der Waals surface area contributed by atoms with Crippen molar-refractivity contribution in [1.82, 2.24) is 20.0 Å². The molecule has 0 atom stereocenters. The second-order valence-corrected chi connectivity index (χ2v) is 7.76. The molecule has 0 unspecified atom stereocenters. The first-order chi connectivity index (χ1) is 14.6. The van der Waals surface area contributed by atoms with E-state index in [1.54, 1.807) is 29.1 Å². The van der Waals surface area contributed by atoms with Gasteiger partial charge >= 0.3 is 0 Å². The molecule has 0 bridgehead atoms. The highest BCUT2D eigenvalue weighted by Gasteiger charge is 2.20. The van der Waals surface area contributed by atoms with Crippen molar-refractivity contribution in [3.63, 3.8) is 0 Å². The van der Waals surface area contributed by atoms with Gasteiger partial charge in [0.1, 0.15) is 0 Å². The van der Waals surface area contributed by atoms with E-state index in [1.165, 1.54) is 11.1 Å². The molecular formula is C23H23ClN4O2. The van der Waals surface area contributed by atoms with E-state index in [0.717, 1.165) is 18.7 Å². The standard InChI is InChI=1S/C23H23ClN4O2/c24-19-7-3-8-20(15-19)28-14-11-21(26-28)23(30)25-12-4-9-22(29)27-13-10-17-5-1-2-6-18(17)16-27/h1-3,5-8,11,14-15H,4,9-10,12-13,16H2,(H,25,30). The molecule has 1 aliphatic rings. The average molecular weight is 423 g/mol. The maximum atomic E-state index is 12.5. The quantitative estimate of drug-likeness (QED) is 0.617. The van der Waals surface area contributed by atoms with Crippen molar-refractivity contribution in [3.8, 4) is 5.69 Å². The van der Waals surface area contributed by atoms with Crippen molar-refractivity contribution in [2.24, 2.45) is 0 Å². The van der Waals surface area contributed by atoms with Crippen molar-refractivity contribution < 1.29 is 9.59 Å². The summed E-state index contributed by atoms with van der Waals surface area (Å²) in [6, 6.07) is 17.2. The third-order valence-corrected chi connectivity index (χ3v) is 5.47. The van der Waals surface area contributed by atoms with E-state index in [1.807, 2.05) is 29.2 Å². The minimum absolute atomic E-state index is 0.129. The fraction of sp³-hybridized carbons (Fsp3) is 0.261. The Morgan fingerprint density at radius 1 is 1.07 bits per heavy atom. The number of carbonyl (C=O) groups is 2. The van der Waals surface area contributed by atoms with Crippen molar-refractivity contribution in [2.45, 2.75) is 25.8 Å². The van der Waals surface area contributed by atoms with Crippen LogP contribution in [0.25, 0.3) is 5.69 Å². The molecule has 1 N–H and O–H groups in total. The zero-order valence-corrected chi connectivity index (χ0v) is 17.3. The highest BCUT2D eigenvalue weighted by Crippen LogP contribution is 2.19. The molecule has 1 aromatic heterocycles. The predicted octanol–water partition coefficient (Wildman–Crippen LogP) is 3.62. The number of amides is 2.